The van der Waals surface area contributed by atoms with E-state index in [1.807, 2.05) is 25.4 Å². The van der Waals surface area contributed by atoms with Crippen LogP contribution in [0.2, 0.25) is 0 Å². The van der Waals surface area contributed by atoms with Crippen LogP contribution in [-0.4, -0.2) is 34.1 Å². The summed E-state index contributed by atoms with van der Waals surface area (Å²) in [5, 5.41) is 0. The summed E-state index contributed by atoms with van der Waals surface area (Å²) < 4.78 is 6.12. The van der Waals surface area contributed by atoms with Crippen LogP contribution in [0.25, 0.3) is 0 Å². The maximum absolute atomic E-state index is 6.12. The van der Waals surface area contributed by atoms with E-state index < -0.39 is 0 Å². The van der Waals surface area contributed by atoms with Gasteiger partial charge in [-0.3, -0.25) is 14.9 Å². The Bertz CT molecular complexity index is 604. The zero-order valence-corrected chi connectivity index (χ0v) is 13.3. The van der Waals surface area contributed by atoms with E-state index in [1.54, 1.807) is 6.20 Å². The first-order valence-electron chi connectivity index (χ1n) is 7.92. The molecule has 1 saturated heterocycles. The van der Waals surface area contributed by atoms with Gasteiger partial charge in [-0.15, -0.1) is 0 Å². The summed E-state index contributed by atoms with van der Waals surface area (Å²) in [7, 11) is 0. The highest BCUT2D eigenvalue weighted by molar-refractivity contribution is 5.28. The molecule has 0 amide bonds. The fourth-order valence-electron chi connectivity index (χ4n) is 2.78. The van der Waals surface area contributed by atoms with E-state index >= 15 is 0 Å². The van der Waals surface area contributed by atoms with Gasteiger partial charge in [0.2, 0.25) is 0 Å². The second kappa shape index (κ2) is 6.88. The van der Waals surface area contributed by atoms with Crippen LogP contribution in [0.15, 0.2) is 36.8 Å². The summed E-state index contributed by atoms with van der Waals surface area (Å²) >= 11 is 0. The van der Waals surface area contributed by atoms with Gasteiger partial charge < -0.3 is 4.74 Å². The molecule has 116 valence electrons. The number of piperidine rings is 1. The van der Waals surface area contributed by atoms with Crippen LogP contribution in [0.4, 0.5) is 0 Å². The second-order valence-corrected chi connectivity index (χ2v) is 6.06. The Morgan fingerprint density at radius 3 is 2.64 bits per heavy atom. The molecule has 3 heterocycles. The van der Waals surface area contributed by atoms with E-state index in [0.29, 0.717) is 6.10 Å². The van der Waals surface area contributed by atoms with Crippen molar-refractivity contribution >= 4 is 0 Å². The standard InChI is InChI=1S/C18H23N3O/c1-14-3-4-16(20-11-14)13-21-9-6-17(7-10-21)22-18-5-8-19-12-15(18)2/h3-5,8,11-12,17H,6-7,9-10,13H2,1-2H3. The van der Waals surface area contributed by atoms with Crippen LogP contribution < -0.4 is 4.74 Å². The van der Waals surface area contributed by atoms with Crippen molar-refractivity contribution in [3.63, 3.8) is 0 Å². The van der Waals surface area contributed by atoms with Gasteiger partial charge in [0.15, 0.2) is 0 Å². The minimum atomic E-state index is 0.309. The first-order chi connectivity index (χ1) is 10.7. The molecule has 1 aliphatic heterocycles. The Labute approximate surface area is 132 Å². The highest BCUT2D eigenvalue weighted by Crippen LogP contribution is 2.22. The Morgan fingerprint density at radius 2 is 1.95 bits per heavy atom. The average Bonchev–Trinajstić information content (AvgIpc) is 2.54. The highest BCUT2D eigenvalue weighted by Gasteiger charge is 2.21. The normalized spacial score (nSPS) is 16.6. The summed E-state index contributed by atoms with van der Waals surface area (Å²) in [6, 6.07) is 6.21. The lowest BCUT2D eigenvalue weighted by Crippen LogP contribution is -2.38. The highest BCUT2D eigenvalue weighted by atomic mass is 16.5. The van der Waals surface area contributed by atoms with Gasteiger partial charge in [0, 0.05) is 43.8 Å². The van der Waals surface area contributed by atoms with Gasteiger partial charge in [-0.1, -0.05) is 6.07 Å². The van der Waals surface area contributed by atoms with Gasteiger partial charge in [0.25, 0.3) is 0 Å². The number of aromatic nitrogens is 2. The summed E-state index contributed by atoms with van der Waals surface area (Å²) in [4.78, 5) is 11.1. The third kappa shape index (κ3) is 3.83. The Morgan fingerprint density at radius 1 is 1.14 bits per heavy atom. The molecule has 2 aromatic heterocycles. The number of likely N-dealkylation sites (tertiary alicyclic amines) is 1. The molecule has 22 heavy (non-hydrogen) atoms. The van der Waals surface area contributed by atoms with Crippen molar-refractivity contribution in [3.05, 3.63) is 53.6 Å². The molecular weight excluding hydrogens is 274 g/mol. The quantitative estimate of drug-likeness (QED) is 0.869. The minimum Gasteiger partial charge on any atom is -0.490 e. The molecule has 0 atom stereocenters. The molecular formula is C18H23N3O. The SMILES string of the molecule is Cc1ccc(CN2CCC(Oc3ccncc3C)CC2)nc1. The van der Waals surface area contributed by atoms with Crippen molar-refractivity contribution in [3.8, 4) is 5.75 Å². The molecule has 4 nitrogen and oxygen atoms in total. The zero-order valence-electron chi connectivity index (χ0n) is 13.3. The first-order valence-corrected chi connectivity index (χ1v) is 7.92. The van der Waals surface area contributed by atoms with Crippen molar-refractivity contribution in [2.45, 2.75) is 39.3 Å². The third-order valence-corrected chi connectivity index (χ3v) is 4.16. The molecule has 0 spiro atoms. The third-order valence-electron chi connectivity index (χ3n) is 4.16. The van der Waals surface area contributed by atoms with Crippen LogP contribution in [0, 0.1) is 13.8 Å². The Balaban J connectivity index is 1.50. The van der Waals surface area contributed by atoms with Crippen LogP contribution in [-0.2, 0) is 6.54 Å². The lowest BCUT2D eigenvalue weighted by molar-refractivity contribution is 0.0955. The summed E-state index contributed by atoms with van der Waals surface area (Å²) in [5.41, 5.74) is 3.47. The number of ether oxygens (including phenoxy) is 1. The predicted octanol–water partition coefficient (Wildman–Crippen LogP) is 3.14. The fourth-order valence-corrected chi connectivity index (χ4v) is 2.78. The predicted molar refractivity (Wildman–Crippen MR) is 86.9 cm³/mol. The van der Waals surface area contributed by atoms with Crippen molar-refractivity contribution < 1.29 is 4.74 Å². The van der Waals surface area contributed by atoms with Crippen molar-refractivity contribution in [1.29, 1.82) is 0 Å². The van der Waals surface area contributed by atoms with Crippen LogP contribution >= 0.6 is 0 Å². The molecule has 2 aromatic rings. The molecule has 0 saturated carbocycles. The van der Waals surface area contributed by atoms with E-state index in [1.165, 1.54) is 5.56 Å². The molecule has 0 aliphatic carbocycles. The largest absolute Gasteiger partial charge is 0.490 e. The smallest absolute Gasteiger partial charge is 0.125 e. The van der Waals surface area contributed by atoms with Gasteiger partial charge in [-0.25, -0.2) is 0 Å². The van der Waals surface area contributed by atoms with E-state index in [9.17, 15) is 0 Å². The van der Waals surface area contributed by atoms with Crippen LogP contribution in [0.5, 0.6) is 5.75 Å². The summed E-state index contributed by atoms with van der Waals surface area (Å²) in [6.07, 6.45) is 8.02. The maximum atomic E-state index is 6.12. The molecule has 1 fully saturated rings. The molecule has 0 N–H and O–H groups in total. The van der Waals surface area contributed by atoms with Crippen molar-refractivity contribution in [2.24, 2.45) is 0 Å². The molecule has 3 rings (SSSR count). The lowest BCUT2D eigenvalue weighted by Gasteiger charge is -2.32. The topological polar surface area (TPSA) is 38.2 Å². The van der Waals surface area contributed by atoms with Gasteiger partial charge in [0.1, 0.15) is 11.9 Å². The van der Waals surface area contributed by atoms with Gasteiger partial charge in [-0.2, -0.15) is 0 Å². The van der Waals surface area contributed by atoms with E-state index in [-0.39, 0.29) is 0 Å². The van der Waals surface area contributed by atoms with Crippen LogP contribution in [0.1, 0.15) is 29.7 Å². The summed E-state index contributed by atoms with van der Waals surface area (Å²) in [6.45, 7) is 7.16. The molecule has 0 unspecified atom stereocenters. The second-order valence-electron chi connectivity index (χ2n) is 6.06. The molecule has 0 aromatic carbocycles. The van der Waals surface area contributed by atoms with Crippen LogP contribution in [0.3, 0.4) is 0 Å². The number of rotatable bonds is 4. The number of pyridine rings is 2. The van der Waals surface area contributed by atoms with Crippen molar-refractivity contribution in [2.75, 3.05) is 13.1 Å². The van der Waals surface area contributed by atoms with Gasteiger partial charge in [0.05, 0.1) is 5.69 Å². The molecule has 0 radical (unpaired) electrons. The fraction of sp³-hybridized carbons (Fsp3) is 0.444. The monoisotopic (exact) mass is 297 g/mol. The molecule has 1 aliphatic rings. The van der Waals surface area contributed by atoms with E-state index in [2.05, 4.69) is 33.9 Å². The molecule has 0 bridgehead atoms. The Hall–Kier alpha value is -1.94. The van der Waals surface area contributed by atoms with E-state index in [0.717, 1.165) is 49.5 Å². The number of nitrogens with zero attached hydrogens (tertiary/aromatic N) is 3. The van der Waals surface area contributed by atoms with E-state index in [4.69, 9.17) is 4.74 Å². The lowest BCUT2D eigenvalue weighted by atomic mass is 10.1. The molecule has 4 heteroatoms. The summed E-state index contributed by atoms with van der Waals surface area (Å²) in [5.74, 6) is 0.966. The number of hydrogen-bond acceptors (Lipinski definition) is 4. The van der Waals surface area contributed by atoms with Gasteiger partial charge >= 0.3 is 0 Å². The number of aryl methyl sites for hydroxylation is 2. The van der Waals surface area contributed by atoms with Crippen molar-refractivity contribution in [1.82, 2.24) is 14.9 Å². The minimum absolute atomic E-state index is 0.309. The first kappa shape index (κ1) is 15.0. The Kier molecular flexibility index (Phi) is 4.68. The van der Waals surface area contributed by atoms with Gasteiger partial charge in [-0.05, 0) is 44.4 Å². The average molecular weight is 297 g/mol. The number of hydrogen-bond donors (Lipinski definition) is 0. The maximum Gasteiger partial charge on any atom is 0.125 e. The zero-order chi connectivity index (χ0) is 15.4.